The van der Waals surface area contributed by atoms with E-state index in [-0.39, 0.29) is 5.82 Å². The summed E-state index contributed by atoms with van der Waals surface area (Å²) in [7, 11) is 0. The Morgan fingerprint density at radius 2 is 2.00 bits per heavy atom. The third kappa shape index (κ3) is 5.10. The van der Waals surface area contributed by atoms with Gasteiger partial charge in [0, 0.05) is 36.9 Å². The molecule has 0 heterocycles. The van der Waals surface area contributed by atoms with Gasteiger partial charge in [-0.1, -0.05) is 19.9 Å². The molecular formula is C16H27FN2O. The standard InChI is InChI=1S/C16H27FN2O/c1-6-19(11-16(4,5)20)15-9-7-8-14(17)13(15)10-18-12(2)3/h7-9,12,18,20H,6,10-11H2,1-5H3. The Bertz CT molecular complexity index is 427. The highest BCUT2D eigenvalue weighted by Crippen LogP contribution is 2.25. The van der Waals surface area contributed by atoms with E-state index in [4.69, 9.17) is 0 Å². The Morgan fingerprint density at radius 3 is 2.50 bits per heavy atom. The van der Waals surface area contributed by atoms with Crippen LogP contribution in [0, 0.1) is 5.82 Å². The number of aliphatic hydroxyl groups is 1. The van der Waals surface area contributed by atoms with Crippen LogP contribution in [0.1, 0.15) is 40.2 Å². The topological polar surface area (TPSA) is 35.5 Å². The lowest BCUT2D eigenvalue weighted by atomic mass is 10.1. The minimum Gasteiger partial charge on any atom is -0.389 e. The van der Waals surface area contributed by atoms with Gasteiger partial charge in [-0.3, -0.25) is 0 Å². The number of benzene rings is 1. The molecule has 0 saturated carbocycles. The van der Waals surface area contributed by atoms with Crippen molar-refractivity contribution in [3.05, 3.63) is 29.6 Å². The lowest BCUT2D eigenvalue weighted by Gasteiger charge is -2.31. The second-order valence-corrected chi connectivity index (χ2v) is 6.10. The van der Waals surface area contributed by atoms with Crippen molar-refractivity contribution in [2.24, 2.45) is 0 Å². The summed E-state index contributed by atoms with van der Waals surface area (Å²) in [5.74, 6) is -0.204. The van der Waals surface area contributed by atoms with E-state index in [1.165, 1.54) is 6.07 Å². The van der Waals surface area contributed by atoms with Crippen LogP contribution in [0.4, 0.5) is 10.1 Å². The first-order chi connectivity index (χ1) is 9.24. The number of likely N-dealkylation sites (N-methyl/N-ethyl adjacent to an activating group) is 1. The summed E-state index contributed by atoms with van der Waals surface area (Å²) in [6.07, 6.45) is 0. The van der Waals surface area contributed by atoms with Crippen molar-refractivity contribution in [3.63, 3.8) is 0 Å². The monoisotopic (exact) mass is 282 g/mol. The van der Waals surface area contributed by atoms with Gasteiger partial charge in [-0.15, -0.1) is 0 Å². The van der Waals surface area contributed by atoms with Crippen LogP contribution in [0.2, 0.25) is 0 Å². The largest absolute Gasteiger partial charge is 0.389 e. The summed E-state index contributed by atoms with van der Waals surface area (Å²) in [6, 6.07) is 5.41. The number of rotatable bonds is 7. The summed E-state index contributed by atoms with van der Waals surface area (Å²) in [5, 5.41) is 13.3. The molecule has 0 radical (unpaired) electrons. The van der Waals surface area contributed by atoms with Gasteiger partial charge in [0.25, 0.3) is 0 Å². The summed E-state index contributed by atoms with van der Waals surface area (Å²) in [6.45, 7) is 11.3. The Kier molecular flexibility index (Phi) is 5.96. The molecule has 0 aliphatic rings. The Labute approximate surface area is 121 Å². The van der Waals surface area contributed by atoms with Gasteiger partial charge in [0.05, 0.1) is 5.60 Å². The van der Waals surface area contributed by atoms with Gasteiger partial charge in [0.15, 0.2) is 0 Å². The molecule has 4 heteroatoms. The molecular weight excluding hydrogens is 255 g/mol. The van der Waals surface area contributed by atoms with E-state index in [0.717, 1.165) is 12.2 Å². The molecule has 0 saturated heterocycles. The number of hydrogen-bond acceptors (Lipinski definition) is 3. The average Bonchev–Trinajstić information content (AvgIpc) is 2.33. The molecule has 0 fully saturated rings. The van der Waals surface area contributed by atoms with Crippen LogP contribution in [0.15, 0.2) is 18.2 Å². The van der Waals surface area contributed by atoms with Crippen molar-refractivity contribution >= 4 is 5.69 Å². The van der Waals surface area contributed by atoms with Gasteiger partial charge in [0.2, 0.25) is 0 Å². The highest BCUT2D eigenvalue weighted by molar-refractivity contribution is 5.54. The van der Waals surface area contributed by atoms with Crippen molar-refractivity contribution in [3.8, 4) is 0 Å². The van der Waals surface area contributed by atoms with E-state index in [2.05, 4.69) is 5.32 Å². The Balaban J connectivity index is 3.05. The normalized spacial score (nSPS) is 12.0. The molecule has 0 amide bonds. The second-order valence-electron chi connectivity index (χ2n) is 6.10. The second kappa shape index (κ2) is 7.04. The molecule has 3 nitrogen and oxygen atoms in total. The molecule has 0 aliphatic carbocycles. The summed E-state index contributed by atoms with van der Waals surface area (Å²) in [5.41, 5.74) is 0.695. The van der Waals surface area contributed by atoms with E-state index in [0.29, 0.717) is 24.7 Å². The third-order valence-electron chi connectivity index (χ3n) is 3.08. The SMILES string of the molecule is CCN(CC(C)(C)O)c1cccc(F)c1CNC(C)C. The van der Waals surface area contributed by atoms with Gasteiger partial charge in [-0.25, -0.2) is 4.39 Å². The highest BCUT2D eigenvalue weighted by Gasteiger charge is 2.20. The first kappa shape index (κ1) is 16.9. The molecule has 1 aromatic rings. The fraction of sp³-hybridized carbons (Fsp3) is 0.625. The Hall–Kier alpha value is -1.13. The van der Waals surface area contributed by atoms with Gasteiger partial charge in [0.1, 0.15) is 5.82 Å². The van der Waals surface area contributed by atoms with Crippen LogP contribution in [0.3, 0.4) is 0 Å². The molecule has 0 spiro atoms. The van der Waals surface area contributed by atoms with Crippen molar-refractivity contribution < 1.29 is 9.50 Å². The smallest absolute Gasteiger partial charge is 0.129 e. The first-order valence-corrected chi connectivity index (χ1v) is 7.22. The highest BCUT2D eigenvalue weighted by atomic mass is 19.1. The predicted octanol–water partition coefficient (Wildman–Crippen LogP) is 2.92. The van der Waals surface area contributed by atoms with E-state index in [9.17, 15) is 9.50 Å². The third-order valence-corrected chi connectivity index (χ3v) is 3.08. The van der Waals surface area contributed by atoms with Crippen molar-refractivity contribution in [2.75, 3.05) is 18.0 Å². The van der Waals surface area contributed by atoms with E-state index in [1.54, 1.807) is 19.9 Å². The quantitative estimate of drug-likeness (QED) is 0.807. The van der Waals surface area contributed by atoms with Crippen molar-refractivity contribution in [1.82, 2.24) is 5.32 Å². The van der Waals surface area contributed by atoms with Crippen LogP contribution in [0.25, 0.3) is 0 Å². The van der Waals surface area contributed by atoms with Gasteiger partial charge in [-0.05, 0) is 32.9 Å². The van der Waals surface area contributed by atoms with Crippen molar-refractivity contribution in [1.29, 1.82) is 0 Å². The number of nitrogens with one attached hydrogen (secondary N) is 1. The maximum absolute atomic E-state index is 14.1. The summed E-state index contributed by atoms with van der Waals surface area (Å²) in [4.78, 5) is 2.01. The molecule has 0 bridgehead atoms. The van der Waals surface area contributed by atoms with Gasteiger partial charge < -0.3 is 15.3 Å². The molecule has 0 aromatic heterocycles. The number of anilines is 1. The zero-order valence-corrected chi connectivity index (χ0v) is 13.2. The number of nitrogens with zero attached hydrogens (tertiary/aromatic N) is 1. The number of halogens is 1. The van der Waals surface area contributed by atoms with E-state index < -0.39 is 5.60 Å². The fourth-order valence-corrected chi connectivity index (χ4v) is 2.16. The minimum absolute atomic E-state index is 0.204. The zero-order valence-electron chi connectivity index (χ0n) is 13.2. The van der Waals surface area contributed by atoms with Crippen LogP contribution in [-0.2, 0) is 6.54 Å². The van der Waals surface area contributed by atoms with E-state index in [1.807, 2.05) is 31.7 Å². The molecule has 1 aromatic carbocycles. The molecule has 2 N–H and O–H groups in total. The predicted molar refractivity (Wildman–Crippen MR) is 82.6 cm³/mol. The van der Waals surface area contributed by atoms with Crippen LogP contribution < -0.4 is 10.2 Å². The van der Waals surface area contributed by atoms with E-state index >= 15 is 0 Å². The summed E-state index contributed by atoms with van der Waals surface area (Å²) < 4.78 is 14.1. The maximum Gasteiger partial charge on any atom is 0.129 e. The fourth-order valence-electron chi connectivity index (χ4n) is 2.16. The van der Waals surface area contributed by atoms with Gasteiger partial charge in [-0.2, -0.15) is 0 Å². The van der Waals surface area contributed by atoms with Crippen LogP contribution >= 0.6 is 0 Å². The molecule has 20 heavy (non-hydrogen) atoms. The summed E-state index contributed by atoms with van der Waals surface area (Å²) >= 11 is 0. The lowest BCUT2D eigenvalue weighted by Crippen LogP contribution is -2.39. The first-order valence-electron chi connectivity index (χ1n) is 7.22. The van der Waals surface area contributed by atoms with Crippen LogP contribution in [0.5, 0.6) is 0 Å². The number of hydrogen-bond donors (Lipinski definition) is 2. The molecule has 0 aliphatic heterocycles. The van der Waals surface area contributed by atoms with Crippen LogP contribution in [-0.4, -0.2) is 29.8 Å². The zero-order chi connectivity index (χ0) is 15.3. The molecule has 0 atom stereocenters. The van der Waals surface area contributed by atoms with Gasteiger partial charge >= 0.3 is 0 Å². The molecule has 114 valence electrons. The minimum atomic E-state index is -0.814. The van der Waals surface area contributed by atoms with Crippen molar-refractivity contribution in [2.45, 2.75) is 52.8 Å². The maximum atomic E-state index is 14.1. The Morgan fingerprint density at radius 1 is 1.35 bits per heavy atom. The molecule has 0 unspecified atom stereocenters. The molecule has 1 rings (SSSR count). The lowest BCUT2D eigenvalue weighted by molar-refractivity contribution is 0.0875. The average molecular weight is 282 g/mol.